The highest BCUT2D eigenvalue weighted by molar-refractivity contribution is 5.94. The summed E-state index contributed by atoms with van der Waals surface area (Å²) in [5.41, 5.74) is -0.305. The first kappa shape index (κ1) is 14.3. The molecule has 1 aromatic carbocycles. The fraction of sp³-hybridized carbons (Fsp3) is 0.412. The molecule has 0 radical (unpaired) electrons. The number of allylic oxidation sites excluding steroid dienone is 1. The molecular weight excluding hydrogens is 248 g/mol. The van der Waals surface area contributed by atoms with Gasteiger partial charge in [0.1, 0.15) is 0 Å². The minimum atomic E-state index is -1.00. The number of likely N-dealkylation sites (tertiary alicyclic amines) is 1. The minimum Gasteiger partial charge on any atom is -0.327 e. The van der Waals surface area contributed by atoms with Crippen LogP contribution in [0.2, 0.25) is 0 Å². The molecule has 1 aliphatic heterocycles. The van der Waals surface area contributed by atoms with E-state index in [1.165, 1.54) is 0 Å². The Hall–Kier alpha value is -2.08. The maximum Gasteiger partial charge on any atom is 0.246 e. The number of nitrogens with zero attached hydrogens (tertiary/aromatic N) is 2. The van der Waals surface area contributed by atoms with E-state index in [1.54, 1.807) is 6.08 Å². The highest BCUT2D eigenvalue weighted by atomic mass is 16.2. The third-order valence-electron chi connectivity index (χ3n) is 3.83. The second-order valence-corrected chi connectivity index (χ2v) is 6.24. The van der Waals surface area contributed by atoms with E-state index in [9.17, 15) is 10.1 Å². The Morgan fingerprint density at radius 3 is 2.45 bits per heavy atom. The van der Waals surface area contributed by atoms with Crippen molar-refractivity contribution in [3.05, 3.63) is 48.6 Å². The SMILES string of the molecule is C=CCC1(C#N)C(=O)N(C(C)(C)C)[C@H]1c1ccccc1. The van der Waals surface area contributed by atoms with Gasteiger partial charge in [-0.05, 0) is 32.8 Å². The Balaban J connectivity index is 2.53. The summed E-state index contributed by atoms with van der Waals surface area (Å²) >= 11 is 0. The topological polar surface area (TPSA) is 44.1 Å². The van der Waals surface area contributed by atoms with Gasteiger partial charge in [-0.3, -0.25) is 4.79 Å². The Morgan fingerprint density at radius 2 is 2.00 bits per heavy atom. The van der Waals surface area contributed by atoms with Crippen molar-refractivity contribution in [2.75, 3.05) is 0 Å². The fourth-order valence-electron chi connectivity index (χ4n) is 2.95. The number of nitriles is 1. The van der Waals surface area contributed by atoms with Crippen molar-refractivity contribution in [1.29, 1.82) is 5.26 Å². The smallest absolute Gasteiger partial charge is 0.246 e. The Labute approximate surface area is 120 Å². The molecule has 0 N–H and O–H groups in total. The van der Waals surface area contributed by atoms with Crippen molar-refractivity contribution in [2.45, 2.75) is 38.8 Å². The van der Waals surface area contributed by atoms with Crippen molar-refractivity contribution >= 4 is 5.91 Å². The van der Waals surface area contributed by atoms with Gasteiger partial charge in [0.05, 0.1) is 12.1 Å². The van der Waals surface area contributed by atoms with Gasteiger partial charge in [-0.2, -0.15) is 5.26 Å². The van der Waals surface area contributed by atoms with Crippen LogP contribution < -0.4 is 0 Å². The minimum absolute atomic E-state index is 0.0961. The zero-order valence-corrected chi connectivity index (χ0v) is 12.3. The van der Waals surface area contributed by atoms with E-state index in [4.69, 9.17) is 0 Å². The number of rotatable bonds is 3. The van der Waals surface area contributed by atoms with Crippen molar-refractivity contribution in [3.63, 3.8) is 0 Å². The summed E-state index contributed by atoms with van der Waals surface area (Å²) in [6, 6.07) is 11.8. The van der Waals surface area contributed by atoms with Gasteiger partial charge >= 0.3 is 0 Å². The maximum absolute atomic E-state index is 12.6. The molecule has 0 bridgehead atoms. The Bertz CT molecular complexity index is 565. The number of hydrogen-bond acceptors (Lipinski definition) is 2. The van der Waals surface area contributed by atoms with Crippen LogP contribution in [0.25, 0.3) is 0 Å². The van der Waals surface area contributed by atoms with Gasteiger partial charge in [-0.15, -0.1) is 6.58 Å². The van der Waals surface area contributed by atoms with E-state index in [0.29, 0.717) is 6.42 Å². The van der Waals surface area contributed by atoms with Crippen molar-refractivity contribution in [3.8, 4) is 6.07 Å². The van der Waals surface area contributed by atoms with Gasteiger partial charge in [0.2, 0.25) is 5.91 Å². The molecule has 3 heteroatoms. The van der Waals surface area contributed by atoms with Crippen LogP contribution in [0.4, 0.5) is 0 Å². The average Bonchev–Trinajstić information content (AvgIpc) is 2.41. The van der Waals surface area contributed by atoms with E-state index in [0.717, 1.165) is 5.56 Å². The fourth-order valence-corrected chi connectivity index (χ4v) is 2.95. The predicted molar refractivity (Wildman–Crippen MR) is 78.6 cm³/mol. The molecule has 3 nitrogen and oxygen atoms in total. The second kappa shape index (κ2) is 4.79. The second-order valence-electron chi connectivity index (χ2n) is 6.24. The largest absolute Gasteiger partial charge is 0.327 e. The van der Waals surface area contributed by atoms with Gasteiger partial charge < -0.3 is 4.90 Å². The predicted octanol–water partition coefficient (Wildman–Crippen LogP) is 3.45. The summed E-state index contributed by atoms with van der Waals surface area (Å²) in [4.78, 5) is 14.4. The van der Waals surface area contributed by atoms with Crippen molar-refractivity contribution < 1.29 is 4.79 Å². The number of β-lactam (4-membered cyclic amide) rings is 1. The molecule has 1 aromatic rings. The zero-order valence-electron chi connectivity index (χ0n) is 12.3. The molecule has 1 amide bonds. The molecule has 1 aliphatic rings. The van der Waals surface area contributed by atoms with E-state index < -0.39 is 5.41 Å². The first-order valence-corrected chi connectivity index (χ1v) is 6.79. The molecule has 104 valence electrons. The summed E-state index contributed by atoms with van der Waals surface area (Å²) in [6.45, 7) is 9.69. The first-order valence-electron chi connectivity index (χ1n) is 6.79. The van der Waals surface area contributed by atoms with Crippen LogP contribution in [0.1, 0.15) is 38.8 Å². The summed E-state index contributed by atoms with van der Waals surface area (Å²) < 4.78 is 0. The Kier molecular flexibility index (Phi) is 3.43. The van der Waals surface area contributed by atoms with Crippen LogP contribution in [-0.4, -0.2) is 16.3 Å². The van der Waals surface area contributed by atoms with Crippen LogP contribution in [0, 0.1) is 16.7 Å². The molecule has 1 heterocycles. The molecule has 1 fully saturated rings. The molecule has 2 rings (SSSR count). The van der Waals surface area contributed by atoms with Gasteiger partial charge in [-0.25, -0.2) is 0 Å². The summed E-state index contributed by atoms with van der Waals surface area (Å²) in [7, 11) is 0. The van der Waals surface area contributed by atoms with Crippen molar-refractivity contribution in [1.82, 2.24) is 4.90 Å². The first-order chi connectivity index (χ1) is 9.38. The number of carbonyl (C=O) groups is 1. The lowest BCUT2D eigenvalue weighted by molar-refractivity contribution is -0.176. The molecule has 20 heavy (non-hydrogen) atoms. The lowest BCUT2D eigenvalue weighted by Gasteiger charge is -2.58. The van der Waals surface area contributed by atoms with E-state index in [2.05, 4.69) is 12.6 Å². The standard InChI is InChI=1S/C17H20N2O/c1-5-11-17(12-18)14(13-9-7-6-8-10-13)19(15(17)20)16(2,3)4/h5-10,14H,1,11H2,2-4H3/t14-,17?/m0/s1. The van der Waals surface area contributed by atoms with Crippen LogP contribution in [0.15, 0.2) is 43.0 Å². The van der Waals surface area contributed by atoms with Gasteiger partial charge in [-0.1, -0.05) is 36.4 Å². The molecule has 0 saturated carbocycles. The van der Waals surface area contributed by atoms with Crippen LogP contribution in [0.3, 0.4) is 0 Å². The lowest BCUT2D eigenvalue weighted by Crippen LogP contribution is -2.68. The summed E-state index contributed by atoms with van der Waals surface area (Å²) in [6.07, 6.45) is 2.05. The number of hydrogen-bond donors (Lipinski definition) is 0. The zero-order chi connectivity index (χ0) is 15.0. The van der Waals surface area contributed by atoms with Gasteiger partial charge in [0, 0.05) is 5.54 Å². The monoisotopic (exact) mass is 268 g/mol. The normalized spacial score (nSPS) is 25.8. The summed E-state index contributed by atoms with van der Waals surface area (Å²) in [5, 5.41) is 9.61. The molecule has 1 unspecified atom stereocenters. The van der Waals surface area contributed by atoms with E-state index in [-0.39, 0.29) is 17.5 Å². The number of benzene rings is 1. The molecule has 0 spiro atoms. The van der Waals surface area contributed by atoms with E-state index in [1.807, 2.05) is 56.0 Å². The third-order valence-corrected chi connectivity index (χ3v) is 3.83. The third kappa shape index (κ3) is 1.92. The highest BCUT2D eigenvalue weighted by Crippen LogP contribution is 2.54. The average molecular weight is 268 g/mol. The maximum atomic E-state index is 12.6. The molecule has 1 saturated heterocycles. The Morgan fingerprint density at radius 1 is 1.40 bits per heavy atom. The molecule has 2 atom stereocenters. The van der Waals surface area contributed by atoms with Gasteiger partial charge in [0.15, 0.2) is 5.41 Å². The number of carbonyl (C=O) groups excluding carboxylic acids is 1. The van der Waals surface area contributed by atoms with Crippen molar-refractivity contribution in [2.24, 2.45) is 5.41 Å². The van der Waals surface area contributed by atoms with Crippen LogP contribution >= 0.6 is 0 Å². The molecular formula is C17H20N2O. The lowest BCUT2D eigenvalue weighted by atomic mass is 9.65. The highest BCUT2D eigenvalue weighted by Gasteiger charge is 2.63. The van der Waals surface area contributed by atoms with Gasteiger partial charge in [0.25, 0.3) is 0 Å². The van der Waals surface area contributed by atoms with Crippen LogP contribution in [-0.2, 0) is 4.79 Å². The quantitative estimate of drug-likeness (QED) is 0.622. The van der Waals surface area contributed by atoms with Crippen LogP contribution in [0.5, 0.6) is 0 Å². The molecule has 0 aliphatic carbocycles. The van der Waals surface area contributed by atoms with E-state index >= 15 is 0 Å². The number of amides is 1. The summed E-state index contributed by atoms with van der Waals surface area (Å²) in [5.74, 6) is -0.0961. The molecule has 0 aromatic heterocycles.